The first-order valence-electron chi connectivity index (χ1n) is 7.26. The van der Waals surface area contributed by atoms with E-state index in [1.54, 1.807) is 0 Å². The Morgan fingerprint density at radius 1 is 1.33 bits per heavy atom. The van der Waals surface area contributed by atoms with E-state index in [0.717, 1.165) is 36.7 Å². The van der Waals surface area contributed by atoms with Crippen LogP contribution in [-0.2, 0) is 6.54 Å². The maximum absolute atomic E-state index is 5.45. The van der Waals surface area contributed by atoms with Crippen molar-refractivity contribution in [3.05, 3.63) is 42.1 Å². The molecule has 1 N–H and O–H groups in total. The van der Waals surface area contributed by atoms with E-state index in [2.05, 4.69) is 21.4 Å². The molecule has 1 atom stereocenters. The molecule has 1 aromatic heterocycles. The maximum Gasteiger partial charge on any atom is 0.167 e. The Kier molecular flexibility index (Phi) is 5.79. The first-order chi connectivity index (χ1) is 9.85. The first kappa shape index (κ1) is 16.0. The van der Waals surface area contributed by atoms with E-state index in [1.165, 1.54) is 12.8 Å². The number of benzene rings is 1. The van der Waals surface area contributed by atoms with Gasteiger partial charge < -0.3 is 9.84 Å². The lowest BCUT2D eigenvalue weighted by Crippen LogP contribution is -2.43. The minimum absolute atomic E-state index is 0. The van der Waals surface area contributed by atoms with Gasteiger partial charge in [0.15, 0.2) is 5.76 Å². The lowest BCUT2D eigenvalue weighted by Gasteiger charge is -2.31. The first-order valence-corrected chi connectivity index (χ1v) is 7.26. The van der Waals surface area contributed by atoms with Gasteiger partial charge in [-0.05, 0) is 26.4 Å². The second-order valence-electron chi connectivity index (χ2n) is 5.41. The topological polar surface area (TPSA) is 41.3 Å². The molecule has 1 aliphatic rings. The number of halogens is 1. The molecular weight excluding hydrogens is 286 g/mol. The summed E-state index contributed by atoms with van der Waals surface area (Å²) in [6, 6.07) is 12.8. The molecule has 114 valence electrons. The molecule has 2 aromatic rings. The summed E-state index contributed by atoms with van der Waals surface area (Å²) in [7, 11) is 2.04. The predicted octanol–water partition coefficient (Wildman–Crippen LogP) is 2.95. The molecule has 1 saturated heterocycles. The second kappa shape index (κ2) is 7.59. The highest BCUT2D eigenvalue weighted by Crippen LogP contribution is 2.21. The SMILES string of the molecule is CNC1CCCN(Cc2cc(-c3ccccc3)on2)C1.Cl. The monoisotopic (exact) mass is 307 g/mol. The number of piperidine rings is 1. The zero-order chi connectivity index (χ0) is 13.8. The molecule has 0 saturated carbocycles. The summed E-state index contributed by atoms with van der Waals surface area (Å²) in [5, 5.41) is 7.57. The highest BCUT2D eigenvalue weighted by Gasteiger charge is 2.19. The molecule has 5 heteroatoms. The van der Waals surface area contributed by atoms with Gasteiger partial charge in [-0.1, -0.05) is 35.5 Å². The van der Waals surface area contributed by atoms with Crippen molar-refractivity contribution >= 4 is 12.4 Å². The average Bonchev–Trinajstić information content (AvgIpc) is 2.97. The number of likely N-dealkylation sites (N-methyl/N-ethyl adjacent to an activating group) is 1. The molecule has 1 aromatic carbocycles. The van der Waals surface area contributed by atoms with Crippen LogP contribution in [0.5, 0.6) is 0 Å². The average molecular weight is 308 g/mol. The number of likely N-dealkylation sites (tertiary alicyclic amines) is 1. The lowest BCUT2D eigenvalue weighted by molar-refractivity contribution is 0.183. The van der Waals surface area contributed by atoms with Gasteiger partial charge in [-0.3, -0.25) is 4.90 Å². The molecule has 3 rings (SSSR count). The molecule has 0 spiro atoms. The minimum atomic E-state index is 0. The summed E-state index contributed by atoms with van der Waals surface area (Å²) < 4.78 is 5.45. The summed E-state index contributed by atoms with van der Waals surface area (Å²) in [6.45, 7) is 3.10. The number of rotatable bonds is 4. The molecule has 1 fully saturated rings. The fraction of sp³-hybridized carbons (Fsp3) is 0.438. The number of aromatic nitrogens is 1. The molecule has 21 heavy (non-hydrogen) atoms. The molecule has 0 radical (unpaired) electrons. The van der Waals surface area contributed by atoms with Crippen molar-refractivity contribution in [1.82, 2.24) is 15.4 Å². The Morgan fingerprint density at radius 3 is 2.90 bits per heavy atom. The normalized spacial score (nSPS) is 19.2. The standard InChI is InChI=1S/C16H21N3O.ClH/c1-17-14-8-5-9-19(11-14)12-15-10-16(20-18-15)13-6-3-2-4-7-13;/h2-4,6-7,10,14,17H,5,8-9,11-12H2,1H3;1H. The molecule has 0 amide bonds. The van der Waals surface area contributed by atoms with Crippen LogP contribution in [0.4, 0.5) is 0 Å². The summed E-state index contributed by atoms with van der Waals surface area (Å²) in [5.74, 6) is 0.850. The van der Waals surface area contributed by atoms with Crippen LogP contribution in [0.25, 0.3) is 11.3 Å². The van der Waals surface area contributed by atoms with E-state index in [-0.39, 0.29) is 12.4 Å². The van der Waals surface area contributed by atoms with Gasteiger partial charge in [-0.15, -0.1) is 12.4 Å². The van der Waals surface area contributed by atoms with E-state index < -0.39 is 0 Å². The van der Waals surface area contributed by atoms with Crippen LogP contribution in [0, 0.1) is 0 Å². The number of hydrogen-bond acceptors (Lipinski definition) is 4. The van der Waals surface area contributed by atoms with Crippen molar-refractivity contribution in [1.29, 1.82) is 0 Å². The summed E-state index contributed by atoms with van der Waals surface area (Å²) in [5.41, 5.74) is 2.10. The molecule has 0 aliphatic carbocycles. The lowest BCUT2D eigenvalue weighted by atomic mass is 10.1. The fourth-order valence-electron chi connectivity index (χ4n) is 2.79. The number of nitrogens with one attached hydrogen (secondary N) is 1. The minimum Gasteiger partial charge on any atom is -0.356 e. The zero-order valence-electron chi connectivity index (χ0n) is 12.3. The molecule has 1 unspecified atom stereocenters. The summed E-state index contributed by atoms with van der Waals surface area (Å²) in [6.07, 6.45) is 2.51. The zero-order valence-corrected chi connectivity index (χ0v) is 13.1. The third-order valence-corrected chi connectivity index (χ3v) is 3.92. The van der Waals surface area contributed by atoms with Gasteiger partial charge in [0.2, 0.25) is 0 Å². The van der Waals surface area contributed by atoms with Crippen LogP contribution >= 0.6 is 12.4 Å². The van der Waals surface area contributed by atoms with Gasteiger partial charge in [0.25, 0.3) is 0 Å². The summed E-state index contributed by atoms with van der Waals surface area (Å²) in [4.78, 5) is 2.44. The van der Waals surface area contributed by atoms with Crippen molar-refractivity contribution in [2.75, 3.05) is 20.1 Å². The van der Waals surface area contributed by atoms with Crippen molar-refractivity contribution in [3.8, 4) is 11.3 Å². The Bertz CT molecular complexity index is 543. The van der Waals surface area contributed by atoms with Crippen LogP contribution in [0.1, 0.15) is 18.5 Å². The molecule has 2 heterocycles. The van der Waals surface area contributed by atoms with Crippen molar-refractivity contribution in [2.24, 2.45) is 0 Å². The van der Waals surface area contributed by atoms with Crippen LogP contribution < -0.4 is 5.32 Å². The van der Waals surface area contributed by atoms with Gasteiger partial charge in [0.1, 0.15) is 0 Å². The third-order valence-electron chi connectivity index (χ3n) is 3.92. The van der Waals surface area contributed by atoms with E-state index in [0.29, 0.717) is 6.04 Å². The van der Waals surface area contributed by atoms with Crippen molar-refractivity contribution in [3.63, 3.8) is 0 Å². The maximum atomic E-state index is 5.45. The molecule has 0 bridgehead atoms. The Labute approximate surface area is 131 Å². The number of hydrogen-bond donors (Lipinski definition) is 1. The van der Waals surface area contributed by atoms with E-state index in [9.17, 15) is 0 Å². The Balaban J connectivity index is 0.00000161. The van der Waals surface area contributed by atoms with Gasteiger partial charge in [0.05, 0.1) is 5.69 Å². The second-order valence-corrected chi connectivity index (χ2v) is 5.41. The molecular formula is C16H22ClN3O. The van der Waals surface area contributed by atoms with E-state index >= 15 is 0 Å². The van der Waals surface area contributed by atoms with E-state index in [1.807, 2.05) is 37.4 Å². The highest BCUT2D eigenvalue weighted by atomic mass is 35.5. The van der Waals surface area contributed by atoms with E-state index in [4.69, 9.17) is 4.52 Å². The largest absolute Gasteiger partial charge is 0.356 e. The highest BCUT2D eigenvalue weighted by molar-refractivity contribution is 5.85. The Morgan fingerprint density at radius 2 is 2.14 bits per heavy atom. The van der Waals surface area contributed by atoms with Crippen LogP contribution in [0.2, 0.25) is 0 Å². The van der Waals surface area contributed by atoms with Crippen molar-refractivity contribution < 1.29 is 4.52 Å². The smallest absolute Gasteiger partial charge is 0.167 e. The van der Waals surface area contributed by atoms with Gasteiger partial charge in [-0.2, -0.15) is 0 Å². The third kappa shape index (κ3) is 4.06. The fourth-order valence-corrected chi connectivity index (χ4v) is 2.79. The van der Waals surface area contributed by atoms with Gasteiger partial charge in [-0.25, -0.2) is 0 Å². The predicted molar refractivity (Wildman–Crippen MR) is 86.5 cm³/mol. The molecule has 1 aliphatic heterocycles. The quantitative estimate of drug-likeness (QED) is 0.943. The summed E-state index contributed by atoms with van der Waals surface area (Å²) >= 11 is 0. The van der Waals surface area contributed by atoms with Crippen LogP contribution in [0.15, 0.2) is 40.9 Å². The number of nitrogens with zero attached hydrogens (tertiary/aromatic N) is 2. The van der Waals surface area contributed by atoms with Crippen LogP contribution in [-0.4, -0.2) is 36.2 Å². The molecule has 4 nitrogen and oxygen atoms in total. The van der Waals surface area contributed by atoms with Gasteiger partial charge in [0, 0.05) is 30.8 Å². The van der Waals surface area contributed by atoms with Gasteiger partial charge >= 0.3 is 0 Å². The van der Waals surface area contributed by atoms with Crippen LogP contribution in [0.3, 0.4) is 0 Å². The van der Waals surface area contributed by atoms with Crippen molar-refractivity contribution in [2.45, 2.75) is 25.4 Å². The Hall–Kier alpha value is -1.36.